The molecule has 110 valence electrons. The molecule has 0 bridgehead atoms. The highest BCUT2D eigenvalue weighted by molar-refractivity contribution is 7.99. The maximum absolute atomic E-state index is 12.0. The van der Waals surface area contributed by atoms with E-state index in [1.54, 1.807) is 12.1 Å². The number of nitriles is 1. The first-order chi connectivity index (χ1) is 10.1. The number of carboxylic acid groups (broad SMARTS) is 1. The van der Waals surface area contributed by atoms with Gasteiger partial charge >= 0.3 is 5.97 Å². The number of likely N-dealkylation sites (tertiary alicyclic amines) is 1. The van der Waals surface area contributed by atoms with Crippen molar-refractivity contribution in [2.75, 3.05) is 12.3 Å². The summed E-state index contributed by atoms with van der Waals surface area (Å²) in [5.74, 6) is -0.0798. The number of thioether (sulfide) groups is 1. The second kappa shape index (κ2) is 7.14. The molecule has 1 aliphatic heterocycles. The van der Waals surface area contributed by atoms with E-state index in [9.17, 15) is 9.59 Å². The van der Waals surface area contributed by atoms with Gasteiger partial charge in [-0.2, -0.15) is 5.26 Å². The van der Waals surface area contributed by atoms with Crippen molar-refractivity contribution in [1.82, 2.24) is 4.90 Å². The number of benzene rings is 1. The lowest BCUT2D eigenvalue weighted by atomic mass is 10.2. The zero-order chi connectivity index (χ0) is 15.2. The summed E-state index contributed by atoms with van der Waals surface area (Å²) in [5, 5.41) is 17.8. The van der Waals surface area contributed by atoms with Gasteiger partial charge in [-0.1, -0.05) is 12.1 Å². The van der Waals surface area contributed by atoms with E-state index in [2.05, 4.69) is 6.07 Å². The predicted octanol–water partition coefficient (Wildman–Crippen LogP) is 1.87. The molecule has 1 N–H and O–H groups in total. The van der Waals surface area contributed by atoms with Crippen molar-refractivity contribution in [3.8, 4) is 6.07 Å². The molecule has 21 heavy (non-hydrogen) atoms. The van der Waals surface area contributed by atoms with Crippen LogP contribution in [0, 0.1) is 11.3 Å². The Bertz CT molecular complexity index is 565. The Hall–Kier alpha value is -2.00. The quantitative estimate of drug-likeness (QED) is 0.898. The van der Waals surface area contributed by atoms with Crippen LogP contribution in [0.3, 0.4) is 0 Å². The molecule has 6 heteroatoms. The lowest BCUT2D eigenvalue weighted by Crippen LogP contribution is -2.41. The molecule has 1 fully saturated rings. The molecule has 1 saturated heterocycles. The molecule has 0 radical (unpaired) electrons. The molecular formula is C15H16N2O3S. The van der Waals surface area contributed by atoms with Gasteiger partial charge in [-0.05, 0) is 30.5 Å². The molecule has 1 aromatic carbocycles. The number of rotatable bonds is 5. The maximum atomic E-state index is 12.0. The third-order valence-corrected chi connectivity index (χ3v) is 4.42. The van der Waals surface area contributed by atoms with Crippen LogP contribution in [-0.4, -0.2) is 40.2 Å². The van der Waals surface area contributed by atoms with Gasteiger partial charge in [-0.3, -0.25) is 4.79 Å². The van der Waals surface area contributed by atoms with Crippen LogP contribution in [0.5, 0.6) is 0 Å². The summed E-state index contributed by atoms with van der Waals surface area (Å²) >= 11 is 1.46. The van der Waals surface area contributed by atoms with Gasteiger partial charge in [-0.15, -0.1) is 11.8 Å². The van der Waals surface area contributed by atoms with Crippen LogP contribution >= 0.6 is 11.8 Å². The van der Waals surface area contributed by atoms with Gasteiger partial charge in [0, 0.05) is 12.3 Å². The SMILES string of the molecule is N#Cc1ccc(CSCC(=O)N2CCCC2C(=O)O)cc1. The highest BCUT2D eigenvalue weighted by Crippen LogP contribution is 2.20. The third-order valence-electron chi connectivity index (χ3n) is 3.44. The van der Waals surface area contributed by atoms with Gasteiger partial charge in [0.15, 0.2) is 0 Å². The normalized spacial score (nSPS) is 17.5. The minimum absolute atomic E-state index is 0.112. The molecule has 1 atom stereocenters. The fourth-order valence-corrected chi connectivity index (χ4v) is 3.21. The van der Waals surface area contributed by atoms with Gasteiger partial charge in [0.2, 0.25) is 5.91 Å². The zero-order valence-corrected chi connectivity index (χ0v) is 12.3. The summed E-state index contributed by atoms with van der Waals surface area (Å²) in [6, 6.07) is 8.63. The van der Waals surface area contributed by atoms with E-state index in [1.165, 1.54) is 16.7 Å². The van der Waals surface area contributed by atoms with Crippen LogP contribution < -0.4 is 0 Å². The summed E-state index contributed by atoms with van der Waals surface area (Å²) in [4.78, 5) is 24.6. The summed E-state index contributed by atoms with van der Waals surface area (Å²) < 4.78 is 0. The van der Waals surface area contributed by atoms with E-state index in [0.717, 1.165) is 12.0 Å². The minimum Gasteiger partial charge on any atom is -0.480 e. The smallest absolute Gasteiger partial charge is 0.326 e. The van der Waals surface area contributed by atoms with E-state index in [1.807, 2.05) is 12.1 Å². The monoisotopic (exact) mass is 304 g/mol. The van der Waals surface area contributed by atoms with Crippen molar-refractivity contribution >= 4 is 23.6 Å². The Balaban J connectivity index is 1.81. The Labute approximate surface area is 127 Å². The van der Waals surface area contributed by atoms with Crippen molar-refractivity contribution in [3.63, 3.8) is 0 Å². The molecule has 1 aromatic rings. The lowest BCUT2D eigenvalue weighted by molar-refractivity contribution is -0.147. The number of nitrogens with zero attached hydrogens (tertiary/aromatic N) is 2. The standard InChI is InChI=1S/C15H16N2O3S/c16-8-11-3-5-12(6-4-11)9-21-10-14(18)17-7-1-2-13(17)15(19)20/h3-6,13H,1-2,7,9-10H2,(H,19,20). The fourth-order valence-electron chi connectivity index (χ4n) is 2.34. The van der Waals surface area contributed by atoms with E-state index in [4.69, 9.17) is 10.4 Å². The third kappa shape index (κ3) is 3.99. The molecule has 2 rings (SSSR count). The molecule has 1 unspecified atom stereocenters. The summed E-state index contributed by atoms with van der Waals surface area (Å²) in [6.45, 7) is 0.535. The average molecular weight is 304 g/mol. The Morgan fingerprint density at radius 1 is 1.38 bits per heavy atom. The van der Waals surface area contributed by atoms with Crippen molar-refractivity contribution in [3.05, 3.63) is 35.4 Å². The Morgan fingerprint density at radius 3 is 2.71 bits per heavy atom. The summed E-state index contributed by atoms with van der Waals surface area (Å²) in [5.41, 5.74) is 1.66. The number of carboxylic acids is 1. The van der Waals surface area contributed by atoms with Crippen LogP contribution in [0.4, 0.5) is 0 Å². The first-order valence-corrected chi connectivity index (χ1v) is 7.86. The molecule has 0 spiro atoms. The molecule has 1 amide bonds. The molecule has 0 aromatic heterocycles. The molecule has 0 saturated carbocycles. The first-order valence-electron chi connectivity index (χ1n) is 6.71. The van der Waals surface area contributed by atoms with Gasteiger partial charge in [0.1, 0.15) is 6.04 Å². The van der Waals surface area contributed by atoms with Gasteiger partial charge < -0.3 is 10.0 Å². The van der Waals surface area contributed by atoms with Gasteiger partial charge in [0.25, 0.3) is 0 Å². The van der Waals surface area contributed by atoms with Crippen LogP contribution in [0.15, 0.2) is 24.3 Å². The Kier molecular flexibility index (Phi) is 5.23. The maximum Gasteiger partial charge on any atom is 0.326 e. The molecule has 1 heterocycles. The minimum atomic E-state index is -0.919. The van der Waals surface area contributed by atoms with Crippen LogP contribution in [0.2, 0.25) is 0 Å². The average Bonchev–Trinajstić information content (AvgIpc) is 2.97. The van der Waals surface area contributed by atoms with E-state index >= 15 is 0 Å². The number of hydrogen-bond donors (Lipinski definition) is 1. The van der Waals surface area contributed by atoms with Crippen LogP contribution in [0.1, 0.15) is 24.0 Å². The largest absolute Gasteiger partial charge is 0.480 e. The fraction of sp³-hybridized carbons (Fsp3) is 0.400. The van der Waals surface area contributed by atoms with E-state index in [-0.39, 0.29) is 11.7 Å². The second-order valence-corrected chi connectivity index (χ2v) is 5.87. The van der Waals surface area contributed by atoms with E-state index < -0.39 is 12.0 Å². The number of carbonyl (C=O) groups excluding carboxylic acids is 1. The lowest BCUT2D eigenvalue weighted by Gasteiger charge is -2.21. The topological polar surface area (TPSA) is 81.4 Å². The van der Waals surface area contributed by atoms with Crippen LogP contribution in [0.25, 0.3) is 0 Å². The second-order valence-electron chi connectivity index (χ2n) is 4.88. The summed E-state index contributed by atoms with van der Waals surface area (Å²) in [6.07, 6.45) is 1.30. The van der Waals surface area contributed by atoms with Gasteiger partial charge in [-0.25, -0.2) is 4.79 Å². The van der Waals surface area contributed by atoms with Crippen molar-refractivity contribution in [2.45, 2.75) is 24.6 Å². The number of carbonyl (C=O) groups is 2. The zero-order valence-electron chi connectivity index (χ0n) is 11.5. The molecule has 1 aliphatic rings. The van der Waals surface area contributed by atoms with Gasteiger partial charge in [0.05, 0.1) is 17.4 Å². The van der Waals surface area contributed by atoms with Crippen LogP contribution in [-0.2, 0) is 15.3 Å². The molecule has 0 aliphatic carbocycles. The predicted molar refractivity (Wildman–Crippen MR) is 79.7 cm³/mol. The number of hydrogen-bond acceptors (Lipinski definition) is 4. The Morgan fingerprint density at radius 2 is 2.10 bits per heavy atom. The van der Waals surface area contributed by atoms with E-state index in [0.29, 0.717) is 24.3 Å². The number of aliphatic carboxylic acids is 1. The van der Waals surface area contributed by atoms with Crippen molar-refractivity contribution in [1.29, 1.82) is 5.26 Å². The number of amides is 1. The summed E-state index contributed by atoms with van der Waals surface area (Å²) in [7, 11) is 0. The highest BCUT2D eigenvalue weighted by atomic mass is 32.2. The molecular weight excluding hydrogens is 288 g/mol. The first kappa shape index (κ1) is 15.4. The highest BCUT2D eigenvalue weighted by Gasteiger charge is 2.33. The van der Waals surface area contributed by atoms with Crippen molar-refractivity contribution in [2.24, 2.45) is 0 Å². The van der Waals surface area contributed by atoms with Crippen molar-refractivity contribution < 1.29 is 14.7 Å². The molecule has 5 nitrogen and oxygen atoms in total.